The fourth-order valence-electron chi connectivity index (χ4n) is 1.04. The fourth-order valence-corrected chi connectivity index (χ4v) is 1.15. The molecule has 0 saturated heterocycles. The van der Waals surface area contributed by atoms with Crippen LogP contribution in [0.2, 0.25) is 0 Å². The van der Waals surface area contributed by atoms with Gasteiger partial charge in [-0.25, -0.2) is 0 Å². The summed E-state index contributed by atoms with van der Waals surface area (Å²) in [4.78, 5) is 0. The Bertz CT molecular complexity index is 278. The maximum absolute atomic E-state index is 5.67. The smallest absolute Gasteiger partial charge is 0.122 e. The molecule has 0 aliphatic heterocycles. The molecular formula is C9H14N2OS. The second kappa shape index (κ2) is 4.87. The van der Waals surface area contributed by atoms with Crippen LogP contribution in [-0.4, -0.2) is 19.4 Å². The van der Waals surface area contributed by atoms with Gasteiger partial charge in [-0.15, -0.1) is 0 Å². The number of hydrogen-bond acceptors (Lipinski definition) is 4. The van der Waals surface area contributed by atoms with Crippen molar-refractivity contribution in [2.24, 2.45) is 0 Å². The molecule has 0 heterocycles. The lowest BCUT2D eigenvalue weighted by Crippen LogP contribution is -2.03. The first kappa shape index (κ1) is 10.1. The predicted molar refractivity (Wildman–Crippen MR) is 59.7 cm³/mol. The molecule has 0 fully saturated rings. The Hall–Kier alpha value is -1.03. The SMILES string of the molecule is COc1cc(N)cc(NCCS)c1. The highest BCUT2D eigenvalue weighted by molar-refractivity contribution is 7.80. The second-order valence-corrected chi connectivity index (χ2v) is 3.09. The van der Waals surface area contributed by atoms with E-state index in [4.69, 9.17) is 10.5 Å². The highest BCUT2D eigenvalue weighted by Crippen LogP contribution is 2.21. The average molecular weight is 198 g/mol. The largest absolute Gasteiger partial charge is 0.497 e. The van der Waals surface area contributed by atoms with Gasteiger partial charge in [0, 0.05) is 35.8 Å². The van der Waals surface area contributed by atoms with Crippen LogP contribution in [0.3, 0.4) is 0 Å². The first-order valence-corrected chi connectivity index (χ1v) is 4.69. The van der Waals surface area contributed by atoms with Crippen LogP contribution in [0.4, 0.5) is 11.4 Å². The third-order valence-electron chi connectivity index (χ3n) is 1.61. The Labute approximate surface area is 83.7 Å². The minimum absolute atomic E-state index is 0.695. The summed E-state index contributed by atoms with van der Waals surface area (Å²) < 4.78 is 5.08. The molecule has 0 radical (unpaired) electrons. The molecule has 4 heteroatoms. The molecule has 0 aromatic heterocycles. The molecule has 0 aliphatic carbocycles. The topological polar surface area (TPSA) is 47.3 Å². The van der Waals surface area contributed by atoms with E-state index in [-0.39, 0.29) is 0 Å². The van der Waals surface area contributed by atoms with Crippen LogP contribution >= 0.6 is 12.6 Å². The van der Waals surface area contributed by atoms with Crippen molar-refractivity contribution in [1.29, 1.82) is 0 Å². The van der Waals surface area contributed by atoms with Gasteiger partial charge in [-0.1, -0.05) is 0 Å². The number of thiol groups is 1. The van der Waals surface area contributed by atoms with Gasteiger partial charge in [0.25, 0.3) is 0 Å². The second-order valence-electron chi connectivity index (χ2n) is 2.65. The van der Waals surface area contributed by atoms with Gasteiger partial charge < -0.3 is 15.8 Å². The monoisotopic (exact) mass is 198 g/mol. The molecule has 0 aliphatic rings. The van der Waals surface area contributed by atoms with E-state index in [1.807, 2.05) is 12.1 Å². The first-order valence-electron chi connectivity index (χ1n) is 4.05. The van der Waals surface area contributed by atoms with Crippen LogP contribution in [0.1, 0.15) is 0 Å². The van der Waals surface area contributed by atoms with Crippen molar-refractivity contribution in [2.45, 2.75) is 0 Å². The minimum atomic E-state index is 0.695. The van der Waals surface area contributed by atoms with Crippen molar-refractivity contribution in [1.82, 2.24) is 0 Å². The van der Waals surface area contributed by atoms with Gasteiger partial charge in [0.1, 0.15) is 5.75 Å². The first-order chi connectivity index (χ1) is 6.26. The average Bonchev–Trinajstić information content (AvgIpc) is 2.14. The van der Waals surface area contributed by atoms with E-state index in [1.54, 1.807) is 13.2 Å². The number of rotatable bonds is 4. The number of hydrogen-bond donors (Lipinski definition) is 3. The van der Waals surface area contributed by atoms with Crippen LogP contribution in [0.5, 0.6) is 5.75 Å². The van der Waals surface area contributed by atoms with Crippen LogP contribution in [0.25, 0.3) is 0 Å². The minimum Gasteiger partial charge on any atom is -0.497 e. The number of nitrogens with one attached hydrogen (secondary N) is 1. The lowest BCUT2D eigenvalue weighted by atomic mass is 10.2. The highest BCUT2D eigenvalue weighted by atomic mass is 32.1. The fraction of sp³-hybridized carbons (Fsp3) is 0.333. The number of nitrogen functional groups attached to an aromatic ring is 1. The van der Waals surface area contributed by atoms with Crippen molar-refractivity contribution in [3.8, 4) is 5.75 Å². The summed E-state index contributed by atoms with van der Waals surface area (Å²) in [6.07, 6.45) is 0. The molecule has 0 spiro atoms. The molecule has 3 N–H and O–H groups in total. The summed E-state index contributed by atoms with van der Waals surface area (Å²) in [5.74, 6) is 1.55. The van der Waals surface area contributed by atoms with Crippen molar-refractivity contribution in [2.75, 3.05) is 30.5 Å². The van der Waals surface area contributed by atoms with Crippen LogP contribution in [-0.2, 0) is 0 Å². The van der Waals surface area contributed by atoms with Crippen LogP contribution in [0, 0.1) is 0 Å². The van der Waals surface area contributed by atoms with Gasteiger partial charge in [0.05, 0.1) is 7.11 Å². The maximum Gasteiger partial charge on any atom is 0.122 e. The Morgan fingerprint density at radius 1 is 1.46 bits per heavy atom. The zero-order valence-corrected chi connectivity index (χ0v) is 8.47. The summed E-state index contributed by atoms with van der Waals surface area (Å²) in [7, 11) is 1.62. The quantitative estimate of drug-likeness (QED) is 0.509. The third-order valence-corrected chi connectivity index (χ3v) is 1.83. The van der Waals surface area contributed by atoms with Crippen molar-refractivity contribution in [3.63, 3.8) is 0 Å². The van der Waals surface area contributed by atoms with Gasteiger partial charge in [-0.05, 0) is 6.07 Å². The number of ether oxygens (including phenoxy) is 1. The normalized spacial score (nSPS) is 9.69. The number of methoxy groups -OCH3 is 1. The summed E-state index contributed by atoms with van der Waals surface area (Å²) in [5.41, 5.74) is 7.33. The zero-order valence-electron chi connectivity index (χ0n) is 7.58. The molecule has 1 aromatic rings. The summed E-state index contributed by atoms with van der Waals surface area (Å²) in [6.45, 7) is 0.815. The number of benzene rings is 1. The van der Waals surface area contributed by atoms with E-state index >= 15 is 0 Å². The predicted octanol–water partition coefficient (Wildman–Crippen LogP) is 1.62. The molecule has 13 heavy (non-hydrogen) atoms. The molecule has 1 rings (SSSR count). The summed E-state index contributed by atoms with van der Waals surface area (Å²) in [6, 6.07) is 5.55. The third kappa shape index (κ3) is 3.06. The van der Waals surface area contributed by atoms with Gasteiger partial charge in [0.15, 0.2) is 0 Å². The van der Waals surface area contributed by atoms with Crippen molar-refractivity contribution in [3.05, 3.63) is 18.2 Å². The van der Waals surface area contributed by atoms with Crippen molar-refractivity contribution >= 4 is 24.0 Å². The van der Waals surface area contributed by atoms with E-state index in [1.165, 1.54) is 0 Å². The Balaban J connectivity index is 2.76. The van der Waals surface area contributed by atoms with E-state index in [0.29, 0.717) is 5.69 Å². The zero-order chi connectivity index (χ0) is 9.68. The molecule has 0 saturated carbocycles. The van der Waals surface area contributed by atoms with Gasteiger partial charge in [-0.3, -0.25) is 0 Å². The Kier molecular flexibility index (Phi) is 3.76. The van der Waals surface area contributed by atoms with Crippen molar-refractivity contribution < 1.29 is 4.74 Å². The molecule has 3 nitrogen and oxygen atoms in total. The number of nitrogens with two attached hydrogens (primary N) is 1. The molecule has 0 atom stereocenters. The Morgan fingerprint density at radius 3 is 2.85 bits per heavy atom. The van der Waals surface area contributed by atoms with Crippen LogP contribution < -0.4 is 15.8 Å². The summed E-state index contributed by atoms with van der Waals surface area (Å²) >= 11 is 4.10. The molecule has 0 unspecified atom stereocenters. The molecule has 0 amide bonds. The maximum atomic E-state index is 5.67. The molecular weight excluding hydrogens is 184 g/mol. The molecule has 1 aromatic carbocycles. The summed E-state index contributed by atoms with van der Waals surface area (Å²) in [5, 5.41) is 3.17. The van der Waals surface area contributed by atoms with Gasteiger partial charge in [-0.2, -0.15) is 12.6 Å². The van der Waals surface area contributed by atoms with Gasteiger partial charge in [0.2, 0.25) is 0 Å². The number of anilines is 2. The van der Waals surface area contributed by atoms with Crippen LogP contribution in [0.15, 0.2) is 18.2 Å². The van der Waals surface area contributed by atoms with E-state index < -0.39 is 0 Å². The highest BCUT2D eigenvalue weighted by Gasteiger charge is 1.97. The standard InChI is InChI=1S/C9H14N2OS/c1-12-9-5-7(10)4-8(6-9)11-2-3-13/h4-6,11,13H,2-3,10H2,1H3. The molecule has 72 valence electrons. The Morgan fingerprint density at radius 2 is 2.23 bits per heavy atom. The van der Waals surface area contributed by atoms with E-state index in [2.05, 4.69) is 17.9 Å². The lowest BCUT2D eigenvalue weighted by Gasteiger charge is -2.07. The van der Waals surface area contributed by atoms with E-state index in [9.17, 15) is 0 Å². The lowest BCUT2D eigenvalue weighted by molar-refractivity contribution is 0.415. The molecule has 0 bridgehead atoms. The van der Waals surface area contributed by atoms with E-state index in [0.717, 1.165) is 23.7 Å². The van der Waals surface area contributed by atoms with Gasteiger partial charge >= 0.3 is 0 Å².